The van der Waals surface area contributed by atoms with Crippen LogP contribution in [0.25, 0.3) is 21.3 Å². The Labute approximate surface area is 190 Å². The number of ether oxygens (including phenoxy) is 3. The van der Waals surface area contributed by atoms with Crippen molar-refractivity contribution in [2.24, 2.45) is 0 Å². The highest BCUT2D eigenvalue weighted by Crippen LogP contribution is 2.33. The van der Waals surface area contributed by atoms with Crippen LogP contribution in [0.1, 0.15) is 12.1 Å². The molecule has 0 bridgehead atoms. The maximum absolute atomic E-state index is 12.1. The second-order valence-electron chi connectivity index (χ2n) is 6.50. The smallest absolute Gasteiger partial charge is 0.437 e. The number of rotatable bonds is 9. The largest absolute Gasteiger partial charge is 0.493 e. The average Bonchev–Trinajstić information content (AvgIpc) is 3.57. The van der Waals surface area contributed by atoms with Crippen molar-refractivity contribution >= 4 is 28.6 Å². The van der Waals surface area contributed by atoms with Crippen molar-refractivity contribution in [2.45, 2.75) is 19.6 Å². The summed E-state index contributed by atoms with van der Waals surface area (Å²) in [5.74, 6) is 0.413. The number of hydrogen-bond acceptors (Lipinski definition) is 10. The highest BCUT2D eigenvalue weighted by molar-refractivity contribution is 7.13. The van der Waals surface area contributed by atoms with Crippen molar-refractivity contribution in [1.29, 1.82) is 0 Å². The van der Waals surface area contributed by atoms with Gasteiger partial charge in [-0.1, -0.05) is 6.07 Å². The van der Waals surface area contributed by atoms with E-state index in [1.165, 1.54) is 22.7 Å². The number of nitrogens with zero attached hydrogens (tertiary/aromatic N) is 3. The normalized spacial score (nSPS) is 10.8. The van der Waals surface area contributed by atoms with Crippen LogP contribution < -0.4 is 15.2 Å². The molecule has 0 unspecified atom stereocenters. The van der Waals surface area contributed by atoms with Crippen LogP contribution in [-0.4, -0.2) is 35.0 Å². The number of hydrogen-bond donors (Lipinski definition) is 0. The van der Waals surface area contributed by atoms with Gasteiger partial charge in [-0.25, -0.2) is 9.78 Å². The van der Waals surface area contributed by atoms with Crippen LogP contribution in [0.4, 0.5) is 0 Å². The van der Waals surface area contributed by atoms with Crippen LogP contribution in [0, 0.1) is 0 Å². The van der Waals surface area contributed by atoms with Gasteiger partial charge in [-0.2, -0.15) is 4.68 Å². The van der Waals surface area contributed by atoms with Crippen LogP contribution >= 0.6 is 22.7 Å². The summed E-state index contributed by atoms with van der Waals surface area (Å²) in [6.07, 6.45) is -0.0109. The van der Waals surface area contributed by atoms with Gasteiger partial charge in [0.15, 0.2) is 11.5 Å². The summed E-state index contributed by atoms with van der Waals surface area (Å²) >= 11 is 2.85. The van der Waals surface area contributed by atoms with E-state index in [1.807, 2.05) is 35.0 Å². The highest BCUT2D eigenvalue weighted by Gasteiger charge is 2.14. The van der Waals surface area contributed by atoms with E-state index in [9.17, 15) is 9.59 Å². The minimum Gasteiger partial charge on any atom is -0.493 e. The third kappa shape index (κ3) is 4.89. The van der Waals surface area contributed by atoms with Crippen molar-refractivity contribution in [3.8, 4) is 32.8 Å². The maximum Gasteiger partial charge on any atom is 0.437 e. The molecule has 0 fully saturated rings. The Hall–Kier alpha value is -3.44. The fourth-order valence-corrected chi connectivity index (χ4v) is 4.29. The van der Waals surface area contributed by atoms with E-state index >= 15 is 0 Å². The van der Waals surface area contributed by atoms with Gasteiger partial charge in [-0.15, -0.1) is 27.8 Å². The summed E-state index contributed by atoms with van der Waals surface area (Å²) in [6, 6.07) is 9.18. The second-order valence-corrected chi connectivity index (χ2v) is 8.30. The Kier molecular flexibility index (Phi) is 6.66. The molecule has 1 aromatic carbocycles. The Bertz CT molecular complexity index is 1260. The van der Waals surface area contributed by atoms with Gasteiger partial charge in [0.25, 0.3) is 5.89 Å². The minimum atomic E-state index is -0.611. The summed E-state index contributed by atoms with van der Waals surface area (Å²) in [7, 11) is 3.15. The first-order valence-corrected chi connectivity index (χ1v) is 11.3. The molecule has 4 aromatic rings. The summed E-state index contributed by atoms with van der Waals surface area (Å²) in [5.41, 5.74) is 1.50. The number of carbonyl (C=O) groups excluding carboxylic acids is 1. The van der Waals surface area contributed by atoms with Crippen LogP contribution in [-0.2, 0) is 22.7 Å². The number of aromatic nitrogens is 3. The molecule has 166 valence electrons. The SMILES string of the molecule is COc1ccc(-c2nc(COC(=O)CCn3nc(-c4cccs4)oc3=O)cs2)cc1OC. The number of aryl methyl sites for hydroxylation is 1. The van der Waals surface area contributed by atoms with E-state index in [1.54, 1.807) is 20.3 Å². The molecule has 0 amide bonds. The zero-order valence-electron chi connectivity index (χ0n) is 17.3. The van der Waals surface area contributed by atoms with Crippen LogP contribution in [0.15, 0.2) is 50.3 Å². The predicted octanol–water partition coefficient (Wildman–Crippen LogP) is 3.84. The van der Waals surface area contributed by atoms with Gasteiger partial charge in [-0.3, -0.25) is 4.79 Å². The number of thiophene rings is 1. The Morgan fingerprint density at radius 3 is 2.75 bits per heavy atom. The molecule has 0 saturated carbocycles. The highest BCUT2D eigenvalue weighted by atomic mass is 32.1. The van der Waals surface area contributed by atoms with E-state index in [2.05, 4.69) is 10.1 Å². The Morgan fingerprint density at radius 2 is 2.00 bits per heavy atom. The van der Waals surface area contributed by atoms with E-state index in [0.29, 0.717) is 17.2 Å². The fourth-order valence-electron chi connectivity index (χ4n) is 2.85. The molecule has 0 spiro atoms. The van der Waals surface area contributed by atoms with E-state index in [-0.39, 0.29) is 25.5 Å². The Morgan fingerprint density at radius 1 is 1.16 bits per heavy atom. The number of esters is 1. The number of thiazole rings is 1. The van der Waals surface area contributed by atoms with Gasteiger partial charge in [0.1, 0.15) is 11.6 Å². The first-order valence-electron chi connectivity index (χ1n) is 9.51. The zero-order valence-corrected chi connectivity index (χ0v) is 18.9. The summed E-state index contributed by atoms with van der Waals surface area (Å²) in [5, 5.41) is 8.58. The van der Waals surface area contributed by atoms with E-state index < -0.39 is 11.7 Å². The standard InChI is InChI=1S/C21H19N3O6S2/c1-27-15-6-5-13(10-16(15)28-2)20-22-14(12-32-20)11-29-18(25)7-8-24-21(26)30-19(23-24)17-4-3-9-31-17/h3-6,9-10,12H,7-8,11H2,1-2H3. The van der Waals surface area contributed by atoms with E-state index in [0.717, 1.165) is 20.1 Å². The van der Waals surface area contributed by atoms with Crippen LogP contribution in [0.2, 0.25) is 0 Å². The first kappa shape index (κ1) is 21.8. The second kappa shape index (κ2) is 9.79. The topological polar surface area (TPSA) is 106 Å². The number of methoxy groups -OCH3 is 2. The third-order valence-electron chi connectivity index (χ3n) is 4.43. The van der Waals surface area contributed by atoms with Gasteiger partial charge >= 0.3 is 11.7 Å². The lowest BCUT2D eigenvalue weighted by Crippen LogP contribution is -2.18. The van der Waals surface area contributed by atoms with Crippen LogP contribution in [0.5, 0.6) is 11.5 Å². The molecule has 0 aliphatic carbocycles. The summed E-state index contributed by atoms with van der Waals surface area (Å²) < 4.78 is 22.1. The zero-order chi connectivity index (χ0) is 22.5. The van der Waals surface area contributed by atoms with E-state index in [4.69, 9.17) is 18.6 Å². The molecule has 32 heavy (non-hydrogen) atoms. The number of benzene rings is 1. The van der Waals surface area contributed by atoms with Gasteiger partial charge in [-0.05, 0) is 29.6 Å². The van der Waals surface area contributed by atoms with Crippen molar-refractivity contribution in [3.05, 3.63) is 57.3 Å². The van der Waals surface area contributed by atoms with Gasteiger partial charge < -0.3 is 18.6 Å². The molecule has 0 aliphatic rings. The third-order valence-corrected chi connectivity index (χ3v) is 6.23. The number of carbonyl (C=O) groups is 1. The van der Waals surface area contributed by atoms with Crippen molar-refractivity contribution in [3.63, 3.8) is 0 Å². The molecule has 4 rings (SSSR count). The molecular formula is C21H19N3O6S2. The predicted molar refractivity (Wildman–Crippen MR) is 119 cm³/mol. The van der Waals surface area contributed by atoms with Gasteiger partial charge in [0.2, 0.25) is 0 Å². The fraction of sp³-hybridized carbons (Fsp3) is 0.238. The monoisotopic (exact) mass is 473 g/mol. The molecule has 0 N–H and O–H groups in total. The molecule has 3 aromatic heterocycles. The molecule has 0 aliphatic heterocycles. The molecular weight excluding hydrogens is 454 g/mol. The lowest BCUT2D eigenvalue weighted by Gasteiger charge is -2.08. The molecule has 0 atom stereocenters. The minimum absolute atomic E-state index is 0.0109. The quantitative estimate of drug-likeness (QED) is 0.338. The van der Waals surface area contributed by atoms with Crippen molar-refractivity contribution < 1.29 is 23.4 Å². The molecule has 11 heteroatoms. The summed E-state index contributed by atoms with van der Waals surface area (Å²) in [4.78, 5) is 29.3. The summed E-state index contributed by atoms with van der Waals surface area (Å²) in [6.45, 7) is 0.108. The van der Waals surface area contributed by atoms with Crippen molar-refractivity contribution in [2.75, 3.05) is 14.2 Å². The maximum atomic E-state index is 12.1. The van der Waals surface area contributed by atoms with Crippen molar-refractivity contribution in [1.82, 2.24) is 14.8 Å². The molecule has 0 saturated heterocycles. The molecule has 3 heterocycles. The molecule has 0 radical (unpaired) electrons. The van der Waals surface area contributed by atoms with Gasteiger partial charge in [0.05, 0.1) is 37.8 Å². The molecule has 9 nitrogen and oxygen atoms in total. The first-order chi connectivity index (χ1) is 15.6. The Balaban J connectivity index is 1.32. The van der Waals surface area contributed by atoms with Gasteiger partial charge in [0, 0.05) is 10.9 Å². The van der Waals surface area contributed by atoms with Crippen LogP contribution in [0.3, 0.4) is 0 Å². The lowest BCUT2D eigenvalue weighted by molar-refractivity contribution is -0.145. The average molecular weight is 474 g/mol. The lowest BCUT2D eigenvalue weighted by atomic mass is 10.2.